The van der Waals surface area contributed by atoms with Crippen molar-refractivity contribution in [2.45, 2.75) is 38.1 Å². The zero-order valence-electron chi connectivity index (χ0n) is 18.2. The first kappa shape index (κ1) is 21.9. The third kappa shape index (κ3) is 4.93. The minimum absolute atomic E-state index is 0.0276. The number of carbonyl (C=O) groups is 1. The van der Waals surface area contributed by atoms with Crippen LogP contribution in [0.2, 0.25) is 0 Å². The van der Waals surface area contributed by atoms with Crippen molar-refractivity contribution in [1.29, 1.82) is 0 Å². The Balaban J connectivity index is 1.56. The Bertz CT molecular complexity index is 1060. The Morgan fingerprint density at radius 1 is 1.06 bits per heavy atom. The molecule has 2 atom stereocenters. The fourth-order valence-corrected chi connectivity index (χ4v) is 4.41. The molecule has 0 fully saturated rings. The second kappa shape index (κ2) is 9.85. The zero-order valence-corrected chi connectivity index (χ0v) is 18.2. The molecule has 0 spiro atoms. The number of rotatable bonds is 7. The number of nitrogens with two attached hydrogens (primary N) is 1. The van der Waals surface area contributed by atoms with Crippen molar-refractivity contribution in [3.8, 4) is 5.75 Å². The number of likely N-dealkylation sites (N-methyl/N-ethyl adjacent to an activating group) is 1. The van der Waals surface area contributed by atoms with Crippen molar-refractivity contribution >= 4 is 11.7 Å². The summed E-state index contributed by atoms with van der Waals surface area (Å²) in [4.78, 5) is 13.9. The second-order valence-corrected chi connectivity index (χ2v) is 8.22. The van der Waals surface area contributed by atoms with E-state index in [1.807, 2.05) is 61.6 Å². The van der Waals surface area contributed by atoms with E-state index in [-0.39, 0.29) is 6.04 Å². The molecule has 0 saturated carbocycles. The molecular formula is C26H29N3O3. The first-order valence-corrected chi connectivity index (χ1v) is 10.8. The summed E-state index contributed by atoms with van der Waals surface area (Å²) in [5.74, 6) is 0.551. The van der Waals surface area contributed by atoms with E-state index >= 15 is 0 Å². The van der Waals surface area contributed by atoms with Gasteiger partial charge in [-0.05, 0) is 48.2 Å². The third-order valence-corrected chi connectivity index (χ3v) is 6.01. The van der Waals surface area contributed by atoms with E-state index < -0.39 is 12.1 Å². The number of hydrogen-bond donors (Lipinski definition) is 3. The molecule has 2 amide bonds. The average molecular weight is 432 g/mol. The molecule has 0 bridgehead atoms. The normalized spacial score (nSPS) is 17.6. The number of fused-ring (bicyclic) bond motifs is 1. The van der Waals surface area contributed by atoms with E-state index in [4.69, 9.17) is 10.5 Å². The minimum Gasteiger partial charge on any atom is -0.487 e. The first-order valence-electron chi connectivity index (χ1n) is 10.8. The number of primary amides is 1. The summed E-state index contributed by atoms with van der Waals surface area (Å²) in [5, 5.41) is 13.9. The van der Waals surface area contributed by atoms with Crippen LogP contribution in [0.5, 0.6) is 5.75 Å². The van der Waals surface area contributed by atoms with Crippen LogP contribution in [0.4, 0.5) is 10.5 Å². The summed E-state index contributed by atoms with van der Waals surface area (Å²) >= 11 is 0. The maximum absolute atomic E-state index is 11.7. The van der Waals surface area contributed by atoms with Crippen molar-refractivity contribution in [3.63, 3.8) is 0 Å². The van der Waals surface area contributed by atoms with Crippen LogP contribution >= 0.6 is 0 Å². The molecule has 1 aliphatic carbocycles. The van der Waals surface area contributed by atoms with E-state index in [2.05, 4.69) is 22.3 Å². The maximum Gasteiger partial charge on any atom is 0.316 e. The van der Waals surface area contributed by atoms with Crippen LogP contribution in [0, 0.1) is 0 Å². The molecule has 4 rings (SSSR count). The molecule has 0 unspecified atom stereocenters. The fourth-order valence-electron chi connectivity index (χ4n) is 4.41. The molecule has 0 aromatic heterocycles. The lowest BCUT2D eigenvalue weighted by Gasteiger charge is -2.37. The highest BCUT2D eigenvalue weighted by atomic mass is 16.5. The first-order chi connectivity index (χ1) is 15.5. The van der Waals surface area contributed by atoms with E-state index in [0.29, 0.717) is 24.5 Å². The maximum atomic E-state index is 11.7. The largest absolute Gasteiger partial charge is 0.487 e. The number of hydrogen-bond acceptors (Lipinski definition) is 4. The summed E-state index contributed by atoms with van der Waals surface area (Å²) in [7, 11) is 2.03. The standard InChI is InChI=1S/C26H29N3O3/c1-29(16-18-8-4-2-5-9-18)22-14-12-20-21(25(22)30)13-15-23(24(20)28-26(27)31)32-17-19-10-6-3-7-11-19/h2-11,13,15,22,25,30H,12,14,16-17H2,1H3,(H3,27,28,31)/t22-,25+/m0/s1. The Morgan fingerprint density at radius 3 is 2.38 bits per heavy atom. The fraction of sp³-hybridized carbons (Fsp3) is 0.269. The number of benzene rings is 3. The third-order valence-electron chi connectivity index (χ3n) is 6.01. The number of carbonyl (C=O) groups excluding carboxylic acids is 1. The van der Waals surface area contributed by atoms with Gasteiger partial charge in [0.25, 0.3) is 0 Å². The molecule has 3 aromatic rings. The topological polar surface area (TPSA) is 87.8 Å². The number of aliphatic hydroxyl groups is 1. The Labute approximate surface area is 188 Å². The Kier molecular flexibility index (Phi) is 6.73. The van der Waals surface area contributed by atoms with Crippen LogP contribution in [0.3, 0.4) is 0 Å². The molecule has 6 heteroatoms. The van der Waals surface area contributed by atoms with Gasteiger partial charge in [-0.15, -0.1) is 0 Å². The van der Waals surface area contributed by atoms with E-state index in [1.54, 1.807) is 6.07 Å². The van der Waals surface area contributed by atoms with Gasteiger partial charge >= 0.3 is 6.03 Å². The number of amides is 2. The van der Waals surface area contributed by atoms with Crippen LogP contribution in [0.25, 0.3) is 0 Å². The molecule has 0 heterocycles. The van der Waals surface area contributed by atoms with E-state index in [1.165, 1.54) is 5.56 Å². The van der Waals surface area contributed by atoms with Gasteiger partial charge in [0.15, 0.2) is 0 Å². The molecule has 32 heavy (non-hydrogen) atoms. The highest BCUT2D eigenvalue weighted by Crippen LogP contribution is 2.41. The van der Waals surface area contributed by atoms with Crippen LogP contribution in [0.1, 0.15) is 34.8 Å². The van der Waals surface area contributed by atoms with Crippen molar-refractivity contribution in [3.05, 3.63) is 95.1 Å². The zero-order chi connectivity index (χ0) is 22.5. The molecule has 4 N–H and O–H groups in total. The van der Waals surface area contributed by atoms with E-state index in [9.17, 15) is 9.90 Å². The smallest absolute Gasteiger partial charge is 0.316 e. The van der Waals surface area contributed by atoms with Gasteiger partial charge in [-0.3, -0.25) is 4.90 Å². The highest BCUT2D eigenvalue weighted by Gasteiger charge is 2.33. The lowest BCUT2D eigenvalue weighted by atomic mass is 9.83. The lowest BCUT2D eigenvalue weighted by Crippen LogP contribution is -2.39. The van der Waals surface area contributed by atoms with E-state index in [0.717, 1.165) is 29.7 Å². The summed E-state index contributed by atoms with van der Waals surface area (Å²) in [6, 6.07) is 23.1. The summed E-state index contributed by atoms with van der Waals surface area (Å²) in [5.41, 5.74) is 9.92. The number of aliphatic hydroxyl groups excluding tert-OH is 1. The minimum atomic E-state index is -0.677. The molecule has 0 aliphatic heterocycles. The van der Waals surface area contributed by atoms with Crippen LogP contribution in [-0.4, -0.2) is 29.1 Å². The SMILES string of the molecule is CN(Cc1ccccc1)[C@H]1CCc2c(ccc(OCc3ccccc3)c2NC(N)=O)[C@H]1O. The van der Waals surface area contributed by atoms with Crippen LogP contribution in [0.15, 0.2) is 72.8 Å². The quantitative estimate of drug-likeness (QED) is 0.522. The predicted molar refractivity (Wildman–Crippen MR) is 125 cm³/mol. The number of anilines is 1. The summed E-state index contributed by atoms with van der Waals surface area (Å²) in [6.07, 6.45) is 0.783. The van der Waals surface area contributed by atoms with Crippen molar-refractivity contribution in [2.24, 2.45) is 5.73 Å². The molecule has 6 nitrogen and oxygen atoms in total. The molecule has 1 aliphatic rings. The van der Waals surface area contributed by atoms with Gasteiger partial charge in [-0.1, -0.05) is 66.7 Å². The van der Waals surface area contributed by atoms with Gasteiger partial charge in [-0.25, -0.2) is 4.79 Å². The average Bonchev–Trinajstić information content (AvgIpc) is 2.80. The monoisotopic (exact) mass is 431 g/mol. The molecule has 166 valence electrons. The number of nitrogens with zero attached hydrogens (tertiary/aromatic N) is 1. The van der Waals surface area contributed by atoms with Gasteiger partial charge < -0.3 is 20.9 Å². The van der Waals surface area contributed by atoms with Crippen molar-refractivity contribution in [2.75, 3.05) is 12.4 Å². The van der Waals surface area contributed by atoms with Crippen LogP contribution < -0.4 is 15.8 Å². The molecule has 0 radical (unpaired) electrons. The Hall–Kier alpha value is -3.35. The van der Waals surface area contributed by atoms with Gasteiger partial charge in [0, 0.05) is 12.6 Å². The summed E-state index contributed by atoms with van der Waals surface area (Å²) in [6.45, 7) is 1.13. The van der Waals surface area contributed by atoms with Crippen molar-refractivity contribution in [1.82, 2.24) is 4.90 Å². The van der Waals surface area contributed by atoms with Gasteiger partial charge in [0.1, 0.15) is 12.4 Å². The summed E-state index contributed by atoms with van der Waals surface area (Å²) < 4.78 is 6.02. The molecule has 0 saturated heterocycles. The number of nitrogens with one attached hydrogen (secondary N) is 1. The number of ether oxygens (including phenoxy) is 1. The lowest BCUT2D eigenvalue weighted by molar-refractivity contribution is 0.0462. The van der Waals surface area contributed by atoms with Crippen molar-refractivity contribution < 1.29 is 14.6 Å². The predicted octanol–water partition coefficient (Wildman–Crippen LogP) is 4.24. The second-order valence-electron chi connectivity index (χ2n) is 8.22. The van der Waals surface area contributed by atoms with Gasteiger partial charge in [0.2, 0.25) is 0 Å². The van der Waals surface area contributed by atoms with Gasteiger partial charge in [-0.2, -0.15) is 0 Å². The number of urea groups is 1. The molecule has 3 aromatic carbocycles. The molecular weight excluding hydrogens is 402 g/mol. The Morgan fingerprint density at radius 2 is 1.72 bits per heavy atom. The van der Waals surface area contributed by atoms with Crippen LogP contribution in [-0.2, 0) is 19.6 Å². The highest BCUT2D eigenvalue weighted by molar-refractivity contribution is 5.91. The van der Waals surface area contributed by atoms with Gasteiger partial charge in [0.05, 0.1) is 11.8 Å².